The Morgan fingerprint density at radius 1 is 1.00 bits per heavy atom. The quantitative estimate of drug-likeness (QED) is 0.785. The van der Waals surface area contributed by atoms with Crippen LogP contribution in [-0.2, 0) is 4.74 Å². The van der Waals surface area contributed by atoms with Crippen molar-refractivity contribution in [1.29, 1.82) is 0 Å². The van der Waals surface area contributed by atoms with E-state index < -0.39 is 0 Å². The van der Waals surface area contributed by atoms with Gasteiger partial charge in [0.2, 0.25) is 0 Å². The summed E-state index contributed by atoms with van der Waals surface area (Å²) < 4.78 is 5.44. The number of hydrogen-bond acceptors (Lipinski definition) is 5. The van der Waals surface area contributed by atoms with Crippen LogP contribution in [0.1, 0.15) is 24.5 Å². The minimum atomic E-state index is 0.661. The van der Waals surface area contributed by atoms with Crippen LogP contribution in [0.4, 0.5) is 5.69 Å². The Bertz CT molecular complexity index is 912. The van der Waals surface area contributed by atoms with Crippen molar-refractivity contribution in [3.63, 3.8) is 0 Å². The number of H-pyrrole nitrogens is 1. The summed E-state index contributed by atoms with van der Waals surface area (Å²) in [7, 11) is 0. The van der Waals surface area contributed by atoms with Crippen LogP contribution in [0.15, 0.2) is 43.0 Å². The third kappa shape index (κ3) is 3.08. The van der Waals surface area contributed by atoms with Crippen molar-refractivity contribution >= 4 is 5.69 Å². The summed E-state index contributed by atoms with van der Waals surface area (Å²) in [6.45, 7) is 3.35. The van der Waals surface area contributed by atoms with Crippen LogP contribution in [0.3, 0.4) is 0 Å². The van der Waals surface area contributed by atoms with Gasteiger partial charge in [-0.2, -0.15) is 0 Å². The van der Waals surface area contributed by atoms with Crippen molar-refractivity contribution in [1.82, 2.24) is 19.9 Å². The molecular formula is C20H21N5O. The number of pyridine rings is 2. The van der Waals surface area contributed by atoms with Crippen molar-refractivity contribution in [2.75, 3.05) is 31.2 Å². The van der Waals surface area contributed by atoms with Crippen LogP contribution < -0.4 is 4.90 Å². The van der Waals surface area contributed by atoms with E-state index in [4.69, 9.17) is 4.74 Å². The number of imidazole rings is 1. The largest absolute Gasteiger partial charge is 0.378 e. The summed E-state index contributed by atoms with van der Waals surface area (Å²) in [5.41, 5.74) is 5.42. The van der Waals surface area contributed by atoms with E-state index >= 15 is 0 Å². The first-order valence-corrected chi connectivity index (χ1v) is 9.16. The Morgan fingerprint density at radius 3 is 2.73 bits per heavy atom. The molecule has 0 radical (unpaired) electrons. The molecular weight excluding hydrogens is 326 g/mol. The molecule has 0 bridgehead atoms. The molecule has 3 aromatic rings. The SMILES string of the molecule is c1cc(-c2cncc(N3CCOCC3)c2)cc(-c2ncc(C3CC3)[nH]2)n1. The van der Waals surface area contributed by atoms with Crippen LogP contribution in [0, 0.1) is 0 Å². The first kappa shape index (κ1) is 15.5. The Hall–Kier alpha value is -2.73. The van der Waals surface area contributed by atoms with Gasteiger partial charge in [-0.1, -0.05) is 0 Å². The maximum Gasteiger partial charge on any atom is 0.156 e. The number of anilines is 1. The summed E-state index contributed by atoms with van der Waals surface area (Å²) >= 11 is 0. The molecule has 1 saturated heterocycles. The average Bonchev–Trinajstić information content (AvgIpc) is 3.45. The predicted octanol–water partition coefficient (Wildman–Crippen LogP) is 3.25. The van der Waals surface area contributed by atoms with E-state index in [0.29, 0.717) is 5.92 Å². The zero-order valence-corrected chi connectivity index (χ0v) is 14.6. The molecule has 0 atom stereocenters. The second-order valence-electron chi connectivity index (χ2n) is 6.92. The van der Waals surface area contributed by atoms with Gasteiger partial charge in [0.05, 0.1) is 25.1 Å². The summed E-state index contributed by atoms with van der Waals surface area (Å²) in [6.07, 6.45) is 10.1. The van der Waals surface area contributed by atoms with E-state index in [2.05, 4.69) is 37.0 Å². The molecule has 1 N–H and O–H groups in total. The molecule has 26 heavy (non-hydrogen) atoms. The molecule has 2 fully saturated rings. The summed E-state index contributed by atoms with van der Waals surface area (Å²) in [5, 5.41) is 0. The van der Waals surface area contributed by atoms with Gasteiger partial charge in [0.1, 0.15) is 5.69 Å². The van der Waals surface area contributed by atoms with Gasteiger partial charge in [-0.25, -0.2) is 4.98 Å². The number of morpholine rings is 1. The van der Waals surface area contributed by atoms with E-state index in [1.165, 1.54) is 18.5 Å². The lowest BCUT2D eigenvalue weighted by molar-refractivity contribution is 0.122. The Kier molecular flexibility index (Phi) is 3.90. The second kappa shape index (κ2) is 6.53. The highest BCUT2D eigenvalue weighted by Crippen LogP contribution is 2.39. The number of ether oxygens (including phenoxy) is 1. The average molecular weight is 347 g/mol. The molecule has 0 amide bonds. The lowest BCUT2D eigenvalue weighted by atomic mass is 10.1. The van der Waals surface area contributed by atoms with Crippen molar-refractivity contribution < 1.29 is 4.74 Å². The number of nitrogens with one attached hydrogen (secondary N) is 1. The topological polar surface area (TPSA) is 66.9 Å². The molecule has 0 spiro atoms. The van der Waals surface area contributed by atoms with E-state index in [-0.39, 0.29) is 0 Å². The highest BCUT2D eigenvalue weighted by Gasteiger charge is 2.25. The number of rotatable bonds is 4. The van der Waals surface area contributed by atoms with E-state index in [0.717, 1.165) is 54.6 Å². The normalized spacial score (nSPS) is 17.5. The lowest BCUT2D eigenvalue weighted by Gasteiger charge is -2.28. The van der Waals surface area contributed by atoms with Gasteiger partial charge in [-0.15, -0.1) is 0 Å². The molecule has 0 aromatic carbocycles. The van der Waals surface area contributed by atoms with Gasteiger partial charge in [-0.3, -0.25) is 9.97 Å². The molecule has 6 nitrogen and oxygen atoms in total. The number of nitrogens with zero attached hydrogens (tertiary/aromatic N) is 4. The van der Waals surface area contributed by atoms with E-state index in [1.54, 1.807) is 0 Å². The van der Waals surface area contributed by atoms with Crippen molar-refractivity contribution in [3.8, 4) is 22.6 Å². The minimum Gasteiger partial charge on any atom is -0.378 e. The molecule has 4 heterocycles. The van der Waals surface area contributed by atoms with Crippen LogP contribution >= 0.6 is 0 Å². The zero-order chi connectivity index (χ0) is 17.3. The van der Waals surface area contributed by atoms with Gasteiger partial charge < -0.3 is 14.6 Å². The predicted molar refractivity (Wildman–Crippen MR) is 100 cm³/mol. The fourth-order valence-corrected chi connectivity index (χ4v) is 3.39. The van der Waals surface area contributed by atoms with Crippen molar-refractivity contribution in [2.24, 2.45) is 0 Å². The molecule has 3 aromatic heterocycles. The maximum atomic E-state index is 5.44. The second-order valence-corrected chi connectivity index (χ2v) is 6.92. The molecule has 1 aliphatic carbocycles. The van der Waals surface area contributed by atoms with E-state index in [9.17, 15) is 0 Å². The fourth-order valence-electron chi connectivity index (χ4n) is 3.39. The first-order chi connectivity index (χ1) is 12.9. The van der Waals surface area contributed by atoms with Crippen molar-refractivity contribution in [2.45, 2.75) is 18.8 Å². The van der Waals surface area contributed by atoms with Crippen molar-refractivity contribution in [3.05, 3.63) is 48.7 Å². The summed E-state index contributed by atoms with van der Waals surface area (Å²) in [4.78, 5) is 19.2. The fraction of sp³-hybridized carbons (Fsp3) is 0.350. The zero-order valence-electron chi connectivity index (χ0n) is 14.6. The molecule has 2 aliphatic rings. The third-order valence-electron chi connectivity index (χ3n) is 5.05. The first-order valence-electron chi connectivity index (χ1n) is 9.16. The third-order valence-corrected chi connectivity index (χ3v) is 5.05. The smallest absolute Gasteiger partial charge is 0.156 e. The summed E-state index contributed by atoms with van der Waals surface area (Å²) in [6, 6.07) is 6.29. The van der Waals surface area contributed by atoms with Gasteiger partial charge in [-0.05, 0) is 36.6 Å². The number of aromatic nitrogens is 4. The van der Waals surface area contributed by atoms with Crippen LogP contribution in [0.5, 0.6) is 0 Å². The van der Waals surface area contributed by atoms with Crippen LogP contribution in [-0.4, -0.2) is 46.2 Å². The van der Waals surface area contributed by atoms with Gasteiger partial charge >= 0.3 is 0 Å². The Labute approximate surface area is 152 Å². The highest BCUT2D eigenvalue weighted by atomic mass is 16.5. The molecule has 6 heteroatoms. The molecule has 1 aliphatic heterocycles. The lowest BCUT2D eigenvalue weighted by Crippen LogP contribution is -2.36. The molecule has 1 saturated carbocycles. The maximum absolute atomic E-state index is 5.44. The monoisotopic (exact) mass is 347 g/mol. The van der Waals surface area contributed by atoms with Gasteiger partial charge in [0.25, 0.3) is 0 Å². The highest BCUT2D eigenvalue weighted by molar-refractivity contribution is 5.70. The summed E-state index contributed by atoms with van der Waals surface area (Å²) in [5.74, 6) is 1.50. The molecule has 0 unspecified atom stereocenters. The minimum absolute atomic E-state index is 0.661. The Balaban J connectivity index is 1.44. The van der Waals surface area contributed by atoms with Crippen LogP contribution in [0.2, 0.25) is 0 Å². The van der Waals surface area contributed by atoms with E-state index in [1.807, 2.05) is 30.9 Å². The Morgan fingerprint density at radius 2 is 1.88 bits per heavy atom. The molecule has 5 rings (SSSR count). The van der Waals surface area contributed by atoms with Crippen LogP contribution in [0.25, 0.3) is 22.6 Å². The molecule has 132 valence electrons. The standard InChI is InChI=1S/C20H21N5O/c1-2-14(1)19-13-23-20(24-19)18-10-15(3-4-22-18)16-9-17(12-21-11-16)25-5-7-26-8-6-25/h3-4,9-14H,1-2,5-8H2,(H,23,24). The number of aromatic amines is 1. The van der Waals surface area contributed by atoms with Gasteiger partial charge in [0.15, 0.2) is 5.82 Å². The van der Waals surface area contributed by atoms with Gasteiger partial charge in [0, 0.05) is 48.9 Å². The number of hydrogen-bond donors (Lipinski definition) is 1.